The van der Waals surface area contributed by atoms with Crippen LogP contribution in [-0.4, -0.2) is 68.3 Å². The number of piperazine rings is 1. The fourth-order valence-corrected chi connectivity index (χ4v) is 3.09. The number of methoxy groups -OCH3 is 2. The number of likely N-dealkylation sites (N-methyl/N-ethyl adjacent to an activating group) is 1. The molecule has 27 heavy (non-hydrogen) atoms. The molecule has 0 atom stereocenters. The smallest absolute Gasteiger partial charge is 0.261 e. The number of carbonyl (C=O) groups is 1. The minimum atomic E-state index is -0.307. The van der Waals surface area contributed by atoms with E-state index in [-0.39, 0.29) is 12.5 Å². The Kier molecular flexibility index (Phi) is 6.44. The minimum Gasteiger partial charge on any atom is -0.495 e. The molecule has 1 aliphatic heterocycles. The number of ether oxygens (including phenoxy) is 2. The van der Waals surface area contributed by atoms with Crippen LogP contribution in [-0.2, 0) is 17.9 Å². The van der Waals surface area contributed by atoms with Crippen molar-refractivity contribution in [3.63, 3.8) is 0 Å². The summed E-state index contributed by atoms with van der Waals surface area (Å²) in [7, 11) is 5.27. The first-order chi connectivity index (χ1) is 13.1. The van der Waals surface area contributed by atoms with Gasteiger partial charge in [-0.2, -0.15) is 0 Å². The summed E-state index contributed by atoms with van der Waals surface area (Å²) in [6.07, 6.45) is 1.32. The van der Waals surface area contributed by atoms with Crippen LogP contribution in [0.3, 0.4) is 0 Å². The van der Waals surface area contributed by atoms with Gasteiger partial charge in [-0.3, -0.25) is 9.69 Å². The number of carbonyl (C=O) groups excluding carboxylic acids is 1. The third kappa shape index (κ3) is 4.85. The largest absolute Gasteiger partial charge is 0.495 e. The van der Waals surface area contributed by atoms with Gasteiger partial charge in [-0.05, 0) is 24.7 Å². The molecule has 8 heteroatoms. The summed E-state index contributed by atoms with van der Waals surface area (Å²) in [6, 6.07) is 5.87. The van der Waals surface area contributed by atoms with Crippen molar-refractivity contribution in [1.82, 2.24) is 15.0 Å². The molecular weight excluding hydrogens is 348 g/mol. The SMILES string of the molecule is COCc1nocc1C(=O)Nc1cc(CN2CCN(C)CC2)ccc1OC. The molecule has 0 saturated carbocycles. The van der Waals surface area contributed by atoms with Gasteiger partial charge < -0.3 is 24.2 Å². The van der Waals surface area contributed by atoms with Crippen LogP contribution in [0.1, 0.15) is 21.6 Å². The summed E-state index contributed by atoms with van der Waals surface area (Å²) < 4.78 is 15.4. The van der Waals surface area contributed by atoms with Gasteiger partial charge in [0.2, 0.25) is 0 Å². The molecule has 1 amide bonds. The van der Waals surface area contributed by atoms with Gasteiger partial charge in [-0.1, -0.05) is 11.2 Å². The van der Waals surface area contributed by atoms with Crippen LogP contribution in [0.4, 0.5) is 5.69 Å². The predicted octanol–water partition coefficient (Wildman–Crippen LogP) is 1.83. The molecule has 0 radical (unpaired) electrons. The molecule has 2 heterocycles. The van der Waals surface area contributed by atoms with Crippen molar-refractivity contribution < 1.29 is 18.8 Å². The standard InChI is InChI=1S/C19H26N4O4/c1-22-6-8-23(9-7-22)11-14-4-5-18(26-3)16(10-14)20-19(24)15-12-27-21-17(15)13-25-2/h4-5,10,12H,6-9,11,13H2,1-3H3,(H,20,24). The number of nitrogens with zero attached hydrogens (tertiary/aromatic N) is 3. The minimum absolute atomic E-state index is 0.208. The maximum absolute atomic E-state index is 12.6. The molecule has 0 spiro atoms. The molecule has 8 nitrogen and oxygen atoms in total. The van der Waals surface area contributed by atoms with Gasteiger partial charge in [-0.15, -0.1) is 0 Å². The number of nitrogens with one attached hydrogen (secondary N) is 1. The second-order valence-electron chi connectivity index (χ2n) is 6.68. The first-order valence-electron chi connectivity index (χ1n) is 8.92. The Hall–Kier alpha value is -2.42. The van der Waals surface area contributed by atoms with E-state index >= 15 is 0 Å². The highest BCUT2D eigenvalue weighted by atomic mass is 16.5. The Labute approximate surface area is 159 Å². The van der Waals surface area contributed by atoms with E-state index in [1.54, 1.807) is 14.2 Å². The topological polar surface area (TPSA) is 80.1 Å². The second kappa shape index (κ2) is 8.98. The Balaban J connectivity index is 1.73. The molecule has 0 aliphatic carbocycles. The van der Waals surface area contributed by atoms with E-state index in [1.807, 2.05) is 18.2 Å². The number of hydrogen-bond acceptors (Lipinski definition) is 7. The molecule has 0 bridgehead atoms. The summed E-state index contributed by atoms with van der Waals surface area (Å²) in [4.78, 5) is 17.4. The third-order valence-corrected chi connectivity index (χ3v) is 4.68. The van der Waals surface area contributed by atoms with E-state index in [4.69, 9.17) is 14.0 Å². The highest BCUT2D eigenvalue weighted by Crippen LogP contribution is 2.27. The normalized spacial score (nSPS) is 15.7. The lowest BCUT2D eigenvalue weighted by Crippen LogP contribution is -2.43. The number of anilines is 1. The van der Waals surface area contributed by atoms with Crippen LogP contribution in [0.25, 0.3) is 0 Å². The molecule has 1 N–H and O–H groups in total. The highest BCUT2D eigenvalue weighted by molar-refractivity contribution is 6.05. The van der Waals surface area contributed by atoms with Gasteiger partial charge in [0, 0.05) is 39.8 Å². The number of rotatable bonds is 7. The van der Waals surface area contributed by atoms with Gasteiger partial charge in [0.05, 0.1) is 19.4 Å². The van der Waals surface area contributed by atoms with E-state index in [0.29, 0.717) is 22.7 Å². The lowest BCUT2D eigenvalue weighted by atomic mass is 10.1. The van der Waals surface area contributed by atoms with Crippen molar-refractivity contribution in [2.45, 2.75) is 13.2 Å². The predicted molar refractivity (Wildman–Crippen MR) is 101 cm³/mol. The fraction of sp³-hybridized carbons (Fsp3) is 0.474. The number of aromatic nitrogens is 1. The molecule has 3 rings (SSSR count). The van der Waals surface area contributed by atoms with Gasteiger partial charge >= 0.3 is 0 Å². The van der Waals surface area contributed by atoms with Crippen LogP contribution >= 0.6 is 0 Å². The summed E-state index contributed by atoms with van der Waals surface area (Å²) in [5.74, 6) is 0.300. The van der Waals surface area contributed by atoms with E-state index in [0.717, 1.165) is 38.3 Å². The van der Waals surface area contributed by atoms with E-state index in [9.17, 15) is 4.79 Å². The molecule has 1 fully saturated rings. The molecule has 0 unspecified atom stereocenters. The molecule has 1 saturated heterocycles. The second-order valence-corrected chi connectivity index (χ2v) is 6.68. The number of hydrogen-bond donors (Lipinski definition) is 1. The monoisotopic (exact) mass is 374 g/mol. The summed E-state index contributed by atoms with van der Waals surface area (Å²) in [5, 5.41) is 6.71. The first-order valence-corrected chi connectivity index (χ1v) is 8.92. The molecule has 1 aliphatic rings. The lowest BCUT2D eigenvalue weighted by molar-refractivity contribution is 0.102. The van der Waals surface area contributed by atoms with Crippen molar-refractivity contribution in [3.8, 4) is 5.75 Å². The Morgan fingerprint density at radius 2 is 2.04 bits per heavy atom. The maximum Gasteiger partial charge on any atom is 0.261 e. The van der Waals surface area contributed by atoms with Crippen LogP contribution in [0.2, 0.25) is 0 Å². The van der Waals surface area contributed by atoms with Crippen molar-refractivity contribution in [1.29, 1.82) is 0 Å². The van der Waals surface area contributed by atoms with Crippen molar-refractivity contribution in [2.75, 3.05) is 52.8 Å². The van der Waals surface area contributed by atoms with E-state index < -0.39 is 0 Å². The zero-order valence-electron chi connectivity index (χ0n) is 16.0. The Morgan fingerprint density at radius 1 is 1.26 bits per heavy atom. The molecule has 1 aromatic heterocycles. The van der Waals surface area contributed by atoms with Crippen LogP contribution in [0, 0.1) is 0 Å². The average Bonchev–Trinajstić information content (AvgIpc) is 3.13. The third-order valence-electron chi connectivity index (χ3n) is 4.68. The van der Waals surface area contributed by atoms with Gasteiger partial charge in [0.15, 0.2) is 0 Å². The molecule has 2 aromatic rings. The first kappa shape index (κ1) is 19.3. The quantitative estimate of drug-likeness (QED) is 0.792. The summed E-state index contributed by atoms with van der Waals surface area (Å²) in [5.41, 5.74) is 2.56. The molecule has 146 valence electrons. The maximum atomic E-state index is 12.6. The fourth-order valence-electron chi connectivity index (χ4n) is 3.09. The van der Waals surface area contributed by atoms with Crippen LogP contribution < -0.4 is 10.1 Å². The van der Waals surface area contributed by atoms with Crippen LogP contribution in [0.15, 0.2) is 29.0 Å². The van der Waals surface area contributed by atoms with E-state index in [1.165, 1.54) is 6.26 Å². The molecule has 1 aromatic carbocycles. The van der Waals surface area contributed by atoms with Gasteiger partial charge in [0.1, 0.15) is 23.3 Å². The van der Waals surface area contributed by atoms with Gasteiger partial charge in [-0.25, -0.2) is 0 Å². The summed E-state index contributed by atoms with van der Waals surface area (Å²) >= 11 is 0. The average molecular weight is 374 g/mol. The van der Waals surface area contributed by atoms with Crippen molar-refractivity contribution >= 4 is 11.6 Å². The lowest BCUT2D eigenvalue weighted by Gasteiger charge is -2.32. The zero-order valence-corrected chi connectivity index (χ0v) is 16.0. The van der Waals surface area contributed by atoms with Gasteiger partial charge in [0.25, 0.3) is 5.91 Å². The Bertz CT molecular complexity index is 769. The zero-order chi connectivity index (χ0) is 19.2. The van der Waals surface area contributed by atoms with E-state index in [2.05, 4.69) is 27.3 Å². The highest BCUT2D eigenvalue weighted by Gasteiger charge is 2.19. The van der Waals surface area contributed by atoms with Crippen LogP contribution in [0.5, 0.6) is 5.75 Å². The number of amides is 1. The summed E-state index contributed by atoms with van der Waals surface area (Å²) in [6.45, 7) is 5.24. The Morgan fingerprint density at radius 3 is 2.74 bits per heavy atom. The molecular formula is C19H26N4O4. The van der Waals surface area contributed by atoms with Crippen molar-refractivity contribution in [3.05, 3.63) is 41.3 Å². The van der Waals surface area contributed by atoms with Crippen molar-refractivity contribution in [2.24, 2.45) is 0 Å². The number of benzene rings is 1.